The zero-order valence-corrected chi connectivity index (χ0v) is 9.00. The molecule has 0 aromatic heterocycles. The van der Waals surface area contributed by atoms with Crippen molar-refractivity contribution in [2.45, 2.75) is 38.4 Å². The van der Waals surface area contributed by atoms with E-state index in [2.05, 4.69) is 12.2 Å². The van der Waals surface area contributed by atoms with E-state index in [1.54, 1.807) is 0 Å². The maximum atomic E-state index is 5.55. The zero-order chi connectivity index (χ0) is 9.80. The SMILES string of the molecule is CC1CC(CNCC2CCCO2)CO1. The van der Waals surface area contributed by atoms with Crippen molar-refractivity contribution >= 4 is 0 Å². The molecule has 0 aromatic carbocycles. The van der Waals surface area contributed by atoms with Gasteiger partial charge in [-0.1, -0.05) is 0 Å². The summed E-state index contributed by atoms with van der Waals surface area (Å²) in [6.45, 7) is 6.14. The number of hydrogen-bond acceptors (Lipinski definition) is 3. The average Bonchev–Trinajstić information content (AvgIpc) is 2.77. The summed E-state index contributed by atoms with van der Waals surface area (Å²) in [4.78, 5) is 0. The van der Waals surface area contributed by atoms with Crippen molar-refractivity contribution in [2.75, 3.05) is 26.3 Å². The molecule has 0 saturated carbocycles. The summed E-state index contributed by atoms with van der Waals surface area (Å²) in [7, 11) is 0. The van der Waals surface area contributed by atoms with Gasteiger partial charge in [0, 0.05) is 19.7 Å². The van der Waals surface area contributed by atoms with Gasteiger partial charge in [-0.15, -0.1) is 0 Å². The van der Waals surface area contributed by atoms with Crippen LogP contribution in [0.5, 0.6) is 0 Å². The van der Waals surface area contributed by atoms with E-state index in [1.807, 2.05) is 0 Å². The lowest BCUT2D eigenvalue weighted by Crippen LogP contribution is -2.30. The lowest BCUT2D eigenvalue weighted by molar-refractivity contribution is 0.107. The third kappa shape index (κ3) is 2.94. The molecule has 14 heavy (non-hydrogen) atoms. The minimum atomic E-state index is 0.463. The van der Waals surface area contributed by atoms with Crippen LogP contribution in [0, 0.1) is 5.92 Å². The fourth-order valence-electron chi connectivity index (χ4n) is 2.30. The van der Waals surface area contributed by atoms with Gasteiger partial charge < -0.3 is 14.8 Å². The van der Waals surface area contributed by atoms with Gasteiger partial charge in [-0.3, -0.25) is 0 Å². The van der Waals surface area contributed by atoms with E-state index in [1.165, 1.54) is 19.3 Å². The lowest BCUT2D eigenvalue weighted by atomic mass is 10.1. The molecule has 2 heterocycles. The second-order valence-electron chi connectivity index (χ2n) is 4.54. The third-order valence-corrected chi connectivity index (χ3v) is 3.11. The number of hydrogen-bond donors (Lipinski definition) is 1. The normalized spacial score (nSPS) is 37.9. The molecule has 1 N–H and O–H groups in total. The monoisotopic (exact) mass is 199 g/mol. The second-order valence-corrected chi connectivity index (χ2v) is 4.54. The predicted molar refractivity (Wildman–Crippen MR) is 55.4 cm³/mol. The Hall–Kier alpha value is -0.120. The number of ether oxygens (including phenoxy) is 2. The lowest BCUT2D eigenvalue weighted by Gasteiger charge is -2.13. The van der Waals surface area contributed by atoms with Gasteiger partial charge in [-0.05, 0) is 32.1 Å². The molecule has 3 heteroatoms. The van der Waals surface area contributed by atoms with Crippen LogP contribution in [0.25, 0.3) is 0 Å². The molecule has 2 rings (SSSR count). The molecule has 2 fully saturated rings. The molecule has 0 spiro atoms. The summed E-state index contributed by atoms with van der Waals surface area (Å²) < 4.78 is 11.1. The Morgan fingerprint density at radius 2 is 2.21 bits per heavy atom. The Morgan fingerprint density at radius 1 is 1.29 bits per heavy atom. The smallest absolute Gasteiger partial charge is 0.0700 e. The van der Waals surface area contributed by atoms with Gasteiger partial charge in [0.1, 0.15) is 0 Å². The topological polar surface area (TPSA) is 30.5 Å². The molecule has 2 aliphatic rings. The summed E-state index contributed by atoms with van der Waals surface area (Å²) in [6, 6.07) is 0. The number of nitrogens with one attached hydrogen (secondary N) is 1. The van der Waals surface area contributed by atoms with Crippen LogP contribution in [-0.2, 0) is 9.47 Å². The molecular formula is C11H21NO2. The maximum Gasteiger partial charge on any atom is 0.0700 e. The van der Waals surface area contributed by atoms with Crippen molar-refractivity contribution in [3.05, 3.63) is 0 Å². The van der Waals surface area contributed by atoms with E-state index in [9.17, 15) is 0 Å². The van der Waals surface area contributed by atoms with Crippen LogP contribution in [0.2, 0.25) is 0 Å². The van der Waals surface area contributed by atoms with Crippen LogP contribution < -0.4 is 5.32 Å². The van der Waals surface area contributed by atoms with Crippen molar-refractivity contribution in [1.82, 2.24) is 5.32 Å². The van der Waals surface area contributed by atoms with Crippen LogP contribution in [0.4, 0.5) is 0 Å². The van der Waals surface area contributed by atoms with Crippen LogP contribution in [0.1, 0.15) is 26.2 Å². The Kier molecular flexibility index (Phi) is 3.79. The van der Waals surface area contributed by atoms with Gasteiger partial charge in [-0.2, -0.15) is 0 Å². The van der Waals surface area contributed by atoms with E-state index < -0.39 is 0 Å². The quantitative estimate of drug-likeness (QED) is 0.737. The molecule has 2 aliphatic heterocycles. The Balaban J connectivity index is 1.54. The van der Waals surface area contributed by atoms with Crippen molar-refractivity contribution in [1.29, 1.82) is 0 Å². The maximum absolute atomic E-state index is 5.55. The van der Waals surface area contributed by atoms with Crippen molar-refractivity contribution in [2.24, 2.45) is 5.92 Å². The Bertz CT molecular complexity index is 169. The molecule has 0 aliphatic carbocycles. The first-order chi connectivity index (χ1) is 6.84. The van der Waals surface area contributed by atoms with E-state index in [0.29, 0.717) is 18.1 Å². The minimum Gasteiger partial charge on any atom is -0.378 e. The van der Waals surface area contributed by atoms with Gasteiger partial charge in [0.25, 0.3) is 0 Å². The molecule has 0 aromatic rings. The second kappa shape index (κ2) is 5.10. The highest BCUT2D eigenvalue weighted by Crippen LogP contribution is 2.18. The molecule has 0 amide bonds. The van der Waals surface area contributed by atoms with Crippen LogP contribution in [-0.4, -0.2) is 38.5 Å². The van der Waals surface area contributed by atoms with Crippen molar-refractivity contribution < 1.29 is 9.47 Å². The van der Waals surface area contributed by atoms with E-state index in [-0.39, 0.29) is 0 Å². The molecule has 0 bridgehead atoms. The first kappa shape index (κ1) is 10.4. The van der Waals surface area contributed by atoms with Crippen LogP contribution >= 0.6 is 0 Å². The van der Waals surface area contributed by atoms with E-state index in [4.69, 9.17) is 9.47 Å². The highest BCUT2D eigenvalue weighted by atomic mass is 16.5. The molecule has 3 atom stereocenters. The zero-order valence-electron chi connectivity index (χ0n) is 9.00. The van der Waals surface area contributed by atoms with Crippen molar-refractivity contribution in [3.8, 4) is 0 Å². The van der Waals surface area contributed by atoms with E-state index in [0.717, 1.165) is 26.3 Å². The molecule has 82 valence electrons. The van der Waals surface area contributed by atoms with Gasteiger partial charge >= 0.3 is 0 Å². The highest BCUT2D eigenvalue weighted by Gasteiger charge is 2.22. The fraction of sp³-hybridized carbons (Fsp3) is 1.00. The third-order valence-electron chi connectivity index (χ3n) is 3.11. The highest BCUT2D eigenvalue weighted by molar-refractivity contribution is 4.74. The average molecular weight is 199 g/mol. The molecular weight excluding hydrogens is 178 g/mol. The van der Waals surface area contributed by atoms with Gasteiger partial charge in [0.2, 0.25) is 0 Å². The summed E-state index contributed by atoms with van der Waals surface area (Å²) in [5.41, 5.74) is 0. The molecule has 3 unspecified atom stereocenters. The number of rotatable bonds is 4. The standard InChI is InChI=1S/C11H21NO2/c1-9-5-10(8-14-9)6-12-7-11-3-2-4-13-11/h9-12H,2-8H2,1H3. The van der Waals surface area contributed by atoms with Gasteiger partial charge in [0.15, 0.2) is 0 Å². The summed E-state index contributed by atoms with van der Waals surface area (Å²) in [5.74, 6) is 0.714. The molecule has 0 radical (unpaired) electrons. The first-order valence-electron chi connectivity index (χ1n) is 5.78. The Labute approximate surface area is 86.2 Å². The minimum absolute atomic E-state index is 0.463. The molecule has 3 nitrogen and oxygen atoms in total. The summed E-state index contributed by atoms with van der Waals surface area (Å²) in [6.07, 6.45) is 4.60. The van der Waals surface area contributed by atoms with Crippen LogP contribution in [0.15, 0.2) is 0 Å². The first-order valence-corrected chi connectivity index (χ1v) is 5.78. The fourth-order valence-corrected chi connectivity index (χ4v) is 2.30. The van der Waals surface area contributed by atoms with Crippen molar-refractivity contribution in [3.63, 3.8) is 0 Å². The Morgan fingerprint density at radius 3 is 2.86 bits per heavy atom. The predicted octanol–water partition coefficient (Wildman–Crippen LogP) is 1.18. The summed E-state index contributed by atoms with van der Waals surface area (Å²) in [5, 5.41) is 3.48. The largest absolute Gasteiger partial charge is 0.378 e. The summed E-state index contributed by atoms with van der Waals surface area (Å²) >= 11 is 0. The van der Waals surface area contributed by atoms with Gasteiger partial charge in [0.05, 0.1) is 18.8 Å². The van der Waals surface area contributed by atoms with Gasteiger partial charge in [-0.25, -0.2) is 0 Å². The molecule has 2 saturated heterocycles. The van der Waals surface area contributed by atoms with Crippen LogP contribution in [0.3, 0.4) is 0 Å². The van der Waals surface area contributed by atoms with E-state index >= 15 is 0 Å².